The van der Waals surface area contributed by atoms with Crippen molar-refractivity contribution < 1.29 is 4.42 Å². The molecule has 11 aromatic rings. The molecule has 0 aliphatic carbocycles. The smallest absolute Gasteiger partial charge is 0.164 e. The van der Waals surface area contributed by atoms with Gasteiger partial charge in [-0.2, -0.15) is 0 Å². The van der Waals surface area contributed by atoms with E-state index in [9.17, 15) is 0 Å². The van der Waals surface area contributed by atoms with Crippen molar-refractivity contribution in [3.05, 3.63) is 200 Å². The van der Waals surface area contributed by atoms with Crippen LogP contribution in [0.25, 0.3) is 111 Å². The molecule has 0 unspecified atom stereocenters. The van der Waals surface area contributed by atoms with E-state index in [4.69, 9.17) is 19.4 Å². The zero-order chi connectivity index (χ0) is 37.7. The summed E-state index contributed by atoms with van der Waals surface area (Å²) in [6.07, 6.45) is 0. The fourth-order valence-corrected chi connectivity index (χ4v) is 8.06. The van der Waals surface area contributed by atoms with Crippen LogP contribution in [0.3, 0.4) is 0 Å². The largest absolute Gasteiger partial charge is 0.456 e. The molecule has 57 heavy (non-hydrogen) atoms. The Kier molecular flexibility index (Phi) is 7.78. The molecule has 0 aliphatic rings. The third-order valence-corrected chi connectivity index (χ3v) is 10.9. The number of nitrogens with zero attached hydrogens (tertiary/aromatic N) is 3. The minimum Gasteiger partial charge on any atom is -0.456 e. The molecular formula is C53H33N3O. The third kappa shape index (κ3) is 5.92. The van der Waals surface area contributed by atoms with Crippen molar-refractivity contribution in [3.8, 4) is 67.5 Å². The van der Waals surface area contributed by atoms with Gasteiger partial charge in [-0.15, -0.1) is 0 Å². The summed E-state index contributed by atoms with van der Waals surface area (Å²) in [4.78, 5) is 15.4. The number of benzene rings is 9. The molecule has 4 nitrogen and oxygen atoms in total. The first kappa shape index (κ1) is 32.7. The first-order chi connectivity index (χ1) is 28.2. The van der Waals surface area contributed by atoms with Crippen molar-refractivity contribution in [2.75, 3.05) is 0 Å². The third-order valence-electron chi connectivity index (χ3n) is 10.9. The van der Waals surface area contributed by atoms with Gasteiger partial charge in [-0.1, -0.05) is 164 Å². The van der Waals surface area contributed by atoms with Gasteiger partial charge in [0.05, 0.1) is 0 Å². The highest BCUT2D eigenvalue weighted by Crippen LogP contribution is 2.39. The van der Waals surface area contributed by atoms with E-state index >= 15 is 0 Å². The zero-order valence-corrected chi connectivity index (χ0v) is 30.8. The van der Waals surface area contributed by atoms with Crippen molar-refractivity contribution in [1.29, 1.82) is 0 Å². The fraction of sp³-hybridized carbons (Fsp3) is 0. The van der Waals surface area contributed by atoms with Gasteiger partial charge in [0.1, 0.15) is 11.2 Å². The molecule has 0 radical (unpaired) electrons. The van der Waals surface area contributed by atoms with E-state index < -0.39 is 0 Å². The lowest BCUT2D eigenvalue weighted by atomic mass is 9.92. The van der Waals surface area contributed by atoms with Gasteiger partial charge in [0.15, 0.2) is 17.5 Å². The van der Waals surface area contributed by atoms with Crippen molar-refractivity contribution in [3.63, 3.8) is 0 Å². The molecule has 0 N–H and O–H groups in total. The summed E-state index contributed by atoms with van der Waals surface area (Å²) in [5, 5.41) is 6.74. The Hall–Kier alpha value is -7.69. The number of hydrogen-bond acceptors (Lipinski definition) is 4. The molecule has 0 amide bonds. The number of hydrogen-bond donors (Lipinski definition) is 0. The van der Waals surface area contributed by atoms with Gasteiger partial charge in [-0.05, 0) is 91.3 Å². The predicted molar refractivity (Wildman–Crippen MR) is 235 cm³/mol. The lowest BCUT2D eigenvalue weighted by molar-refractivity contribution is 0.669. The molecule has 9 aromatic carbocycles. The summed E-state index contributed by atoms with van der Waals surface area (Å²) in [5.41, 5.74) is 11.4. The van der Waals surface area contributed by atoms with Crippen LogP contribution in [-0.2, 0) is 0 Å². The van der Waals surface area contributed by atoms with Crippen LogP contribution < -0.4 is 0 Å². The minimum atomic E-state index is 0.595. The van der Waals surface area contributed by atoms with Crippen molar-refractivity contribution in [2.45, 2.75) is 0 Å². The zero-order valence-electron chi connectivity index (χ0n) is 30.8. The first-order valence-corrected chi connectivity index (χ1v) is 19.2. The summed E-state index contributed by atoms with van der Waals surface area (Å²) in [6.45, 7) is 0. The molecule has 0 atom stereocenters. The van der Waals surface area contributed by atoms with Gasteiger partial charge >= 0.3 is 0 Å². The monoisotopic (exact) mass is 727 g/mol. The molecule has 2 heterocycles. The quantitative estimate of drug-likeness (QED) is 0.171. The lowest BCUT2D eigenvalue weighted by Crippen LogP contribution is -2.00. The second-order valence-electron chi connectivity index (χ2n) is 14.4. The molecule has 0 spiro atoms. The van der Waals surface area contributed by atoms with Crippen LogP contribution in [0.1, 0.15) is 0 Å². The van der Waals surface area contributed by atoms with Gasteiger partial charge < -0.3 is 4.42 Å². The van der Waals surface area contributed by atoms with Gasteiger partial charge in [0.25, 0.3) is 0 Å². The predicted octanol–water partition coefficient (Wildman–Crippen LogP) is 14.1. The van der Waals surface area contributed by atoms with E-state index in [1.165, 1.54) is 33.0 Å². The molecule has 0 bridgehead atoms. The molecule has 266 valence electrons. The Morgan fingerprint density at radius 3 is 1.51 bits per heavy atom. The SMILES string of the molecule is c1ccc(-c2ccc3oc4cccc(-c5nc(-c6ccccc6)nc(-c6ccc7cc(-c8ccccc8-c8ccc9ccccc9c8)ccc7c6)n5)c4c3c2)cc1. The second kappa shape index (κ2) is 13.6. The van der Waals surface area contributed by atoms with E-state index in [1.807, 2.05) is 48.5 Å². The van der Waals surface area contributed by atoms with E-state index in [0.717, 1.165) is 60.5 Å². The summed E-state index contributed by atoms with van der Waals surface area (Å²) in [7, 11) is 0. The molecule has 0 saturated heterocycles. The molecule has 0 fully saturated rings. The summed E-state index contributed by atoms with van der Waals surface area (Å²) >= 11 is 0. The Balaban J connectivity index is 1.03. The van der Waals surface area contributed by atoms with Crippen LogP contribution in [0.5, 0.6) is 0 Å². The average Bonchev–Trinajstić information content (AvgIpc) is 3.67. The number of furan rings is 1. The van der Waals surface area contributed by atoms with Gasteiger partial charge in [0, 0.05) is 27.5 Å². The van der Waals surface area contributed by atoms with Gasteiger partial charge in [-0.25, -0.2) is 15.0 Å². The van der Waals surface area contributed by atoms with Crippen LogP contribution in [0.15, 0.2) is 205 Å². The van der Waals surface area contributed by atoms with E-state index in [-0.39, 0.29) is 0 Å². The topological polar surface area (TPSA) is 51.8 Å². The van der Waals surface area contributed by atoms with Crippen molar-refractivity contribution in [1.82, 2.24) is 15.0 Å². The molecular weight excluding hydrogens is 695 g/mol. The highest BCUT2D eigenvalue weighted by Gasteiger charge is 2.19. The molecule has 2 aromatic heterocycles. The number of aromatic nitrogens is 3. The van der Waals surface area contributed by atoms with Crippen LogP contribution in [-0.4, -0.2) is 15.0 Å². The molecule has 0 saturated carbocycles. The minimum absolute atomic E-state index is 0.595. The maximum absolute atomic E-state index is 6.40. The van der Waals surface area contributed by atoms with E-state index in [0.29, 0.717) is 17.5 Å². The molecule has 11 rings (SSSR count). The summed E-state index contributed by atoms with van der Waals surface area (Å²) in [5.74, 6) is 1.82. The maximum atomic E-state index is 6.40. The summed E-state index contributed by atoms with van der Waals surface area (Å²) in [6, 6.07) is 70.1. The summed E-state index contributed by atoms with van der Waals surface area (Å²) < 4.78 is 6.40. The Labute approximate surface area is 329 Å². The normalized spacial score (nSPS) is 11.5. The fourth-order valence-electron chi connectivity index (χ4n) is 8.06. The molecule has 4 heteroatoms. The van der Waals surface area contributed by atoms with Crippen LogP contribution in [0.2, 0.25) is 0 Å². The van der Waals surface area contributed by atoms with Gasteiger partial charge in [-0.3, -0.25) is 0 Å². The highest BCUT2D eigenvalue weighted by molar-refractivity contribution is 6.13. The second-order valence-corrected chi connectivity index (χ2v) is 14.4. The van der Waals surface area contributed by atoms with Crippen molar-refractivity contribution >= 4 is 43.5 Å². The maximum Gasteiger partial charge on any atom is 0.164 e. The van der Waals surface area contributed by atoms with Crippen molar-refractivity contribution in [2.24, 2.45) is 0 Å². The number of rotatable bonds is 6. The van der Waals surface area contributed by atoms with Crippen LogP contribution in [0.4, 0.5) is 0 Å². The number of fused-ring (bicyclic) bond motifs is 5. The van der Waals surface area contributed by atoms with Gasteiger partial charge in [0.2, 0.25) is 0 Å². The Morgan fingerprint density at radius 2 is 0.789 bits per heavy atom. The molecule has 0 aliphatic heterocycles. The standard InChI is InChI=1S/C53H33N3O/c1-3-12-34(13-4-1)40-28-29-48-47(33-40)50-46(20-11-21-49(50)57-48)53-55-51(36-15-5-2-6-16-36)54-52(56-53)43-27-24-38-31-42(26-23-39(38)32-43)45-19-10-9-18-44(45)41-25-22-35-14-7-8-17-37(35)30-41/h1-33H. The van der Waals surface area contributed by atoms with Crippen LogP contribution >= 0.6 is 0 Å². The van der Waals surface area contributed by atoms with E-state index in [1.54, 1.807) is 0 Å². The lowest BCUT2D eigenvalue weighted by Gasteiger charge is -2.13. The van der Waals surface area contributed by atoms with Crippen LogP contribution in [0, 0.1) is 0 Å². The Morgan fingerprint density at radius 1 is 0.281 bits per heavy atom. The highest BCUT2D eigenvalue weighted by atomic mass is 16.3. The average molecular weight is 728 g/mol. The first-order valence-electron chi connectivity index (χ1n) is 19.2. The van der Waals surface area contributed by atoms with E-state index in [2.05, 4.69) is 152 Å². The Bertz CT molecular complexity index is 3300.